The molecule has 0 saturated carbocycles. The van der Waals surface area contributed by atoms with Gasteiger partial charge in [-0.15, -0.1) is 5.10 Å². The number of amides is 1. The van der Waals surface area contributed by atoms with Gasteiger partial charge in [0.2, 0.25) is 5.88 Å². The van der Waals surface area contributed by atoms with Gasteiger partial charge in [0.15, 0.2) is 0 Å². The highest BCUT2D eigenvalue weighted by atomic mass is 35.5. The van der Waals surface area contributed by atoms with Gasteiger partial charge < -0.3 is 10.1 Å². The van der Waals surface area contributed by atoms with Gasteiger partial charge in [0.1, 0.15) is 12.4 Å². The number of benzene rings is 3. The van der Waals surface area contributed by atoms with Crippen molar-refractivity contribution in [2.24, 2.45) is 0 Å². The molecule has 6 nitrogen and oxygen atoms in total. The second kappa shape index (κ2) is 10.1. The van der Waals surface area contributed by atoms with Crippen LogP contribution in [0.25, 0.3) is 5.69 Å². The molecule has 0 bridgehead atoms. The average molecular weight is 464 g/mol. The van der Waals surface area contributed by atoms with E-state index in [4.69, 9.17) is 16.3 Å². The fraction of sp³-hybridized carbons (Fsp3) is 0.0800. The van der Waals surface area contributed by atoms with Crippen molar-refractivity contribution in [2.75, 3.05) is 0 Å². The van der Waals surface area contributed by atoms with Gasteiger partial charge in [0.25, 0.3) is 11.5 Å². The molecule has 33 heavy (non-hydrogen) atoms. The van der Waals surface area contributed by atoms with Gasteiger partial charge in [-0.3, -0.25) is 9.59 Å². The highest BCUT2D eigenvalue weighted by molar-refractivity contribution is 6.30. The second-order valence-corrected chi connectivity index (χ2v) is 7.63. The zero-order chi connectivity index (χ0) is 23.2. The number of rotatable bonds is 7. The van der Waals surface area contributed by atoms with E-state index in [1.807, 2.05) is 12.1 Å². The number of aromatic nitrogens is 2. The molecule has 1 aromatic heterocycles. The normalized spacial score (nSPS) is 10.6. The van der Waals surface area contributed by atoms with Crippen LogP contribution < -0.4 is 15.6 Å². The number of halogens is 2. The molecule has 3 aromatic carbocycles. The van der Waals surface area contributed by atoms with Crippen LogP contribution in [0.15, 0.2) is 89.7 Å². The van der Waals surface area contributed by atoms with Crippen molar-refractivity contribution in [3.05, 3.63) is 123 Å². The monoisotopic (exact) mass is 463 g/mol. The van der Waals surface area contributed by atoms with Crippen molar-refractivity contribution in [1.82, 2.24) is 15.1 Å². The van der Waals surface area contributed by atoms with Crippen LogP contribution in [0.1, 0.15) is 21.5 Å². The van der Waals surface area contributed by atoms with Crippen LogP contribution in [-0.2, 0) is 13.2 Å². The molecule has 4 rings (SSSR count). The van der Waals surface area contributed by atoms with Gasteiger partial charge >= 0.3 is 0 Å². The number of carbonyl (C=O) groups excluding carboxylic acids is 1. The third-order valence-corrected chi connectivity index (χ3v) is 5.04. The molecule has 0 aliphatic rings. The molecule has 1 amide bonds. The quantitative estimate of drug-likeness (QED) is 0.437. The van der Waals surface area contributed by atoms with E-state index in [1.54, 1.807) is 48.5 Å². The minimum Gasteiger partial charge on any atom is -0.472 e. The third kappa shape index (κ3) is 5.84. The molecular formula is C25H19ClFN3O3. The summed E-state index contributed by atoms with van der Waals surface area (Å²) in [5.41, 5.74) is 2.14. The minimum atomic E-state index is -0.355. The van der Waals surface area contributed by atoms with Gasteiger partial charge in [0.05, 0.1) is 5.69 Å². The molecule has 0 aliphatic carbocycles. The second-order valence-electron chi connectivity index (χ2n) is 7.20. The summed E-state index contributed by atoms with van der Waals surface area (Å²) in [5, 5.41) is 7.68. The first kappa shape index (κ1) is 22.2. The number of nitrogens with one attached hydrogen (secondary N) is 1. The van der Waals surface area contributed by atoms with E-state index >= 15 is 0 Å². The summed E-state index contributed by atoms with van der Waals surface area (Å²) in [6.07, 6.45) is 0. The number of hydrogen-bond acceptors (Lipinski definition) is 4. The van der Waals surface area contributed by atoms with Crippen LogP contribution in [0.5, 0.6) is 5.88 Å². The van der Waals surface area contributed by atoms with Crippen LogP contribution in [0.3, 0.4) is 0 Å². The van der Waals surface area contributed by atoms with Crippen LogP contribution in [0.2, 0.25) is 5.02 Å². The SMILES string of the molecule is O=C(NCc1ccc(Cl)cc1)c1ccc(-n2nc(OCc3cccc(F)c3)ccc2=O)cc1. The average Bonchev–Trinajstić information content (AvgIpc) is 2.83. The summed E-state index contributed by atoms with van der Waals surface area (Å²) in [6, 6.07) is 22.5. The predicted octanol–water partition coefficient (Wildman–Crippen LogP) is 4.53. The van der Waals surface area contributed by atoms with Gasteiger partial charge in [-0.05, 0) is 59.7 Å². The Morgan fingerprint density at radius 1 is 0.970 bits per heavy atom. The van der Waals surface area contributed by atoms with Crippen LogP contribution >= 0.6 is 11.6 Å². The lowest BCUT2D eigenvalue weighted by atomic mass is 10.1. The van der Waals surface area contributed by atoms with Crippen molar-refractivity contribution >= 4 is 17.5 Å². The Hall–Kier alpha value is -3.97. The zero-order valence-electron chi connectivity index (χ0n) is 17.4. The van der Waals surface area contributed by atoms with Crippen molar-refractivity contribution in [3.63, 3.8) is 0 Å². The fourth-order valence-corrected chi connectivity index (χ4v) is 3.21. The van der Waals surface area contributed by atoms with Crippen molar-refractivity contribution in [3.8, 4) is 11.6 Å². The largest absolute Gasteiger partial charge is 0.472 e. The smallest absolute Gasteiger partial charge is 0.271 e. The molecule has 8 heteroatoms. The summed E-state index contributed by atoms with van der Waals surface area (Å²) in [7, 11) is 0. The Morgan fingerprint density at radius 3 is 2.45 bits per heavy atom. The Balaban J connectivity index is 1.43. The van der Waals surface area contributed by atoms with Gasteiger partial charge in [-0.1, -0.05) is 35.9 Å². The van der Waals surface area contributed by atoms with Gasteiger partial charge in [0, 0.05) is 29.3 Å². The number of hydrogen-bond donors (Lipinski definition) is 1. The number of ether oxygens (including phenoxy) is 1. The van der Waals surface area contributed by atoms with E-state index < -0.39 is 0 Å². The number of nitrogens with zero attached hydrogens (tertiary/aromatic N) is 2. The Kier molecular flexibility index (Phi) is 6.80. The molecule has 0 radical (unpaired) electrons. The minimum absolute atomic E-state index is 0.107. The molecule has 0 spiro atoms. The van der Waals surface area contributed by atoms with Crippen molar-refractivity contribution < 1.29 is 13.9 Å². The molecule has 1 heterocycles. The van der Waals surface area contributed by atoms with Gasteiger partial charge in [-0.25, -0.2) is 4.39 Å². The fourth-order valence-electron chi connectivity index (χ4n) is 3.08. The summed E-state index contributed by atoms with van der Waals surface area (Å²) >= 11 is 5.87. The molecule has 0 unspecified atom stereocenters. The lowest BCUT2D eigenvalue weighted by molar-refractivity contribution is 0.0951. The highest BCUT2D eigenvalue weighted by Crippen LogP contribution is 2.13. The van der Waals surface area contributed by atoms with E-state index in [0.717, 1.165) is 5.56 Å². The molecular weight excluding hydrogens is 445 g/mol. The molecule has 166 valence electrons. The molecule has 0 fully saturated rings. The molecule has 1 N–H and O–H groups in total. The highest BCUT2D eigenvalue weighted by Gasteiger charge is 2.09. The first-order valence-electron chi connectivity index (χ1n) is 10.1. The molecule has 4 aromatic rings. The maximum absolute atomic E-state index is 13.3. The van der Waals surface area contributed by atoms with E-state index in [1.165, 1.54) is 28.9 Å². The summed E-state index contributed by atoms with van der Waals surface area (Å²) in [6.45, 7) is 0.471. The van der Waals surface area contributed by atoms with Crippen molar-refractivity contribution in [1.29, 1.82) is 0 Å². The van der Waals surface area contributed by atoms with E-state index in [-0.39, 0.29) is 29.8 Å². The standard InChI is InChI=1S/C25H19ClFN3O3/c26-20-8-4-17(5-9-20)15-28-25(32)19-6-10-22(11-7-19)30-24(31)13-12-23(29-30)33-16-18-2-1-3-21(27)14-18/h1-14H,15-16H2,(H,28,32). The Bertz CT molecular complexity index is 1320. The molecule has 0 atom stereocenters. The van der Waals surface area contributed by atoms with Crippen molar-refractivity contribution in [2.45, 2.75) is 13.2 Å². The topological polar surface area (TPSA) is 73.2 Å². The maximum Gasteiger partial charge on any atom is 0.271 e. The lowest BCUT2D eigenvalue weighted by Crippen LogP contribution is -2.23. The molecule has 0 saturated heterocycles. The molecule has 0 aliphatic heterocycles. The Labute approximate surface area is 194 Å². The number of carbonyl (C=O) groups is 1. The lowest BCUT2D eigenvalue weighted by Gasteiger charge is -2.10. The zero-order valence-corrected chi connectivity index (χ0v) is 18.1. The van der Waals surface area contributed by atoms with Crippen LogP contribution in [0, 0.1) is 5.82 Å². The van der Waals surface area contributed by atoms with Crippen LogP contribution in [-0.4, -0.2) is 15.7 Å². The predicted molar refractivity (Wildman–Crippen MR) is 123 cm³/mol. The summed E-state index contributed by atoms with van der Waals surface area (Å²) in [5.74, 6) is -0.390. The first-order chi connectivity index (χ1) is 16.0. The third-order valence-electron chi connectivity index (χ3n) is 4.79. The van der Waals surface area contributed by atoms with E-state index in [9.17, 15) is 14.0 Å². The maximum atomic E-state index is 13.3. The van der Waals surface area contributed by atoms with E-state index in [2.05, 4.69) is 10.4 Å². The Morgan fingerprint density at radius 2 is 1.73 bits per heavy atom. The van der Waals surface area contributed by atoms with Gasteiger partial charge in [-0.2, -0.15) is 4.68 Å². The summed E-state index contributed by atoms with van der Waals surface area (Å²) in [4.78, 5) is 24.7. The van der Waals surface area contributed by atoms with E-state index in [0.29, 0.717) is 28.4 Å². The van der Waals surface area contributed by atoms with Crippen LogP contribution in [0.4, 0.5) is 4.39 Å². The first-order valence-corrected chi connectivity index (χ1v) is 10.5. The summed E-state index contributed by atoms with van der Waals surface area (Å²) < 4.78 is 20.1.